The number of carbonyl (C=O) groups excluding carboxylic acids is 2. The van der Waals surface area contributed by atoms with E-state index in [2.05, 4.69) is 20.9 Å². The highest BCUT2D eigenvalue weighted by Crippen LogP contribution is 2.38. The molecule has 3 aliphatic heterocycles. The van der Waals surface area contributed by atoms with Crippen LogP contribution >= 0.6 is 0 Å². The number of hydrogen-bond donors (Lipinski definition) is 3. The van der Waals surface area contributed by atoms with Gasteiger partial charge in [0.1, 0.15) is 17.3 Å². The summed E-state index contributed by atoms with van der Waals surface area (Å²) in [7, 11) is 0. The van der Waals surface area contributed by atoms with Gasteiger partial charge in [0.05, 0.1) is 47.9 Å². The van der Waals surface area contributed by atoms with E-state index in [9.17, 15) is 14.0 Å². The fourth-order valence-electron chi connectivity index (χ4n) is 5.72. The second kappa shape index (κ2) is 8.38. The van der Waals surface area contributed by atoms with E-state index >= 15 is 0 Å². The van der Waals surface area contributed by atoms with Crippen molar-refractivity contribution in [3.63, 3.8) is 0 Å². The van der Waals surface area contributed by atoms with Crippen molar-refractivity contribution in [3.05, 3.63) is 77.0 Å². The summed E-state index contributed by atoms with van der Waals surface area (Å²) in [5.41, 5.74) is 6.04. The summed E-state index contributed by atoms with van der Waals surface area (Å²) in [6.07, 6.45) is 4.11. The molecule has 9 nitrogen and oxygen atoms in total. The van der Waals surface area contributed by atoms with E-state index in [0.29, 0.717) is 49.0 Å². The van der Waals surface area contributed by atoms with Crippen LogP contribution in [-0.4, -0.2) is 39.4 Å². The first-order valence-electron chi connectivity index (χ1n) is 12.3. The molecule has 7 rings (SSSR count). The van der Waals surface area contributed by atoms with Gasteiger partial charge in [-0.05, 0) is 35.7 Å². The summed E-state index contributed by atoms with van der Waals surface area (Å²) in [6, 6.07) is 10.5. The second-order valence-corrected chi connectivity index (χ2v) is 9.57. The minimum Gasteiger partial charge on any atom is -0.381 e. The van der Waals surface area contributed by atoms with Gasteiger partial charge < -0.3 is 20.7 Å². The molecule has 3 aliphatic rings. The zero-order valence-electron chi connectivity index (χ0n) is 19.8. The molecule has 0 spiro atoms. The summed E-state index contributed by atoms with van der Waals surface area (Å²) in [4.78, 5) is 34.6. The minimum absolute atomic E-state index is 0.00239. The number of anilines is 2. The molecule has 37 heavy (non-hydrogen) atoms. The Hall–Kier alpha value is -4.31. The molecule has 6 heterocycles. The maximum atomic E-state index is 13.7. The van der Waals surface area contributed by atoms with Gasteiger partial charge in [0.25, 0.3) is 5.91 Å². The van der Waals surface area contributed by atoms with Gasteiger partial charge in [0.2, 0.25) is 5.91 Å². The van der Waals surface area contributed by atoms with Crippen molar-refractivity contribution in [1.82, 2.24) is 25.0 Å². The summed E-state index contributed by atoms with van der Waals surface area (Å²) in [5, 5.41) is 9.22. The number of nitrogens with one attached hydrogen (secondary N) is 3. The summed E-state index contributed by atoms with van der Waals surface area (Å²) in [5.74, 6) is -0.0547. The summed E-state index contributed by atoms with van der Waals surface area (Å²) >= 11 is 0. The fourth-order valence-corrected chi connectivity index (χ4v) is 5.72. The van der Waals surface area contributed by atoms with Crippen LogP contribution < -0.4 is 16.0 Å². The zero-order chi connectivity index (χ0) is 25.1. The van der Waals surface area contributed by atoms with E-state index in [0.717, 1.165) is 34.5 Å². The van der Waals surface area contributed by atoms with Crippen molar-refractivity contribution in [2.75, 3.05) is 18.5 Å². The minimum atomic E-state index is -0.355. The van der Waals surface area contributed by atoms with Crippen LogP contribution in [0.15, 0.2) is 48.8 Å². The Bertz CT molecular complexity index is 1600. The topological polar surface area (TPSA) is 110 Å². The van der Waals surface area contributed by atoms with E-state index in [1.807, 2.05) is 24.3 Å². The smallest absolute Gasteiger partial charge is 0.254 e. The lowest BCUT2D eigenvalue weighted by molar-refractivity contribution is -0.129. The van der Waals surface area contributed by atoms with Crippen molar-refractivity contribution >= 4 is 29.0 Å². The highest BCUT2D eigenvalue weighted by molar-refractivity contribution is 6.06. The molecule has 1 aromatic carbocycles. The van der Waals surface area contributed by atoms with Crippen molar-refractivity contribution in [2.45, 2.75) is 25.4 Å². The molecule has 2 atom stereocenters. The first-order valence-corrected chi connectivity index (χ1v) is 12.3. The lowest BCUT2D eigenvalue weighted by Crippen LogP contribution is -2.37. The maximum Gasteiger partial charge on any atom is 0.254 e. The Balaban J connectivity index is 1.25. The maximum absolute atomic E-state index is 13.7. The average Bonchev–Trinajstić information content (AvgIpc) is 3.47. The Labute approximate surface area is 211 Å². The molecule has 186 valence electrons. The molecule has 0 saturated carbocycles. The molecule has 3 aromatic heterocycles. The fraction of sp³-hybridized carbons (Fsp3) is 0.259. The largest absolute Gasteiger partial charge is 0.381 e. The number of hydrogen-bond acceptors (Lipinski definition) is 6. The molecule has 0 radical (unpaired) electrons. The predicted octanol–water partition coefficient (Wildman–Crippen LogP) is 3.27. The Morgan fingerprint density at radius 2 is 2.00 bits per heavy atom. The standard InChI is InChI=1S/C27H23FN6O3/c28-14-5-7-34-22(12-29-24(34)9-14)17-1-3-20(25-18(17)10-30-27(25)36)32-23-4-2-16-15-6-8-37-13-19(15)26(35)31-11-21(16)33-23/h1-5,7,9,12,15,19H,6,8,10-11,13H2,(H,30,36)(H,31,35)(H,32,33)/t15-,19+/m0/s1. The van der Waals surface area contributed by atoms with Crippen LogP contribution in [0.5, 0.6) is 0 Å². The molecule has 2 amide bonds. The third kappa shape index (κ3) is 3.55. The average molecular weight is 499 g/mol. The molecule has 3 N–H and O–H groups in total. The van der Waals surface area contributed by atoms with E-state index in [1.165, 1.54) is 12.1 Å². The molecule has 0 bridgehead atoms. The number of amides is 2. The van der Waals surface area contributed by atoms with Crippen molar-refractivity contribution in [1.29, 1.82) is 0 Å². The number of imidazole rings is 1. The Kier molecular flexibility index (Phi) is 4.97. The summed E-state index contributed by atoms with van der Waals surface area (Å²) < 4.78 is 21.0. The normalized spacial score (nSPS) is 20.5. The van der Waals surface area contributed by atoms with Crippen LogP contribution in [-0.2, 0) is 22.6 Å². The van der Waals surface area contributed by atoms with Crippen molar-refractivity contribution in [3.8, 4) is 11.3 Å². The monoisotopic (exact) mass is 498 g/mol. The number of carbonyl (C=O) groups is 2. The van der Waals surface area contributed by atoms with Crippen LogP contribution in [0.1, 0.15) is 39.5 Å². The van der Waals surface area contributed by atoms with Crippen LogP contribution in [0.3, 0.4) is 0 Å². The van der Waals surface area contributed by atoms with Crippen molar-refractivity contribution < 1.29 is 18.7 Å². The van der Waals surface area contributed by atoms with E-state index in [4.69, 9.17) is 9.72 Å². The van der Waals surface area contributed by atoms with Gasteiger partial charge in [0.15, 0.2) is 0 Å². The molecular formula is C27H23FN6O3. The van der Waals surface area contributed by atoms with Gasteiger partial charge in [-0.3, -0.25) is 14.0 Å². The lowest BCUT2D eigenvalue weighted by atomic mass is 9.82. The van der Waals surface area contributed by atoms with Crippen LogP contribution in [0.2, 0.25) is 0 Å². The predicted molar refractivity (Wildman–Crippen MR) is 133 cm³/mol. The van der Waals surface area contributed by atoms with Crippen LogP contribution in [0, 0.1) is 11.7 Å². The number of ether oxygens (including phenoxy) is 1. The zero-order valence-corrected chi connectivity index (χ0v) is 19.8. The molecule has 1 fully saturated rings. The Morgan fingerprint density at radius 3 is 2.92 bits per heavy atom. The molecule has 10 heteroatoms. The first-order chi connectivity index (χ1) is 18.1. The van der Waals surface area contributed by atoms with Crippen LogP contribution in [0.25, 0.3) is 16.9 Å². The molecular weight excluding hydrogens is 475 g/mol. The summed E-state index contributed by atoms with van der Waals surface area (Å²) in [6.45, 7) is 1.78. The quantitative estimate of drug-likeness (QED) is 0.400. The molecule has 0 aliphatic carbocycles. The van der Waals surface area contributed by atoms with E-state index < -0.39 is 0 Å². The number of nitrogens with zero attached hydrogens (tertiary/aromatic N) is 3. The number of fused-ring (bicyclic) bond motifs is 5. The van der Waals surface area contributed by atoms with Crippen LogP contribution in [0.4, 0.5) is 15.9 Å². The molecule has 4 aromatic rings. The van der Waals surface area contributed by atoms with E-state index in [1.54, 1.807) is 16.8 Å². The van der Waals surface area contributed by atoms with E-state index in [-0.39, 0.29) is 29.5 Å². The van der Waals surface area contributed by atoms with Gasteiger partial charge in [0, 0.05) is 36.9 Å². The lowest BCUT2D eigenvalue weighted by Gasteiger charge is -2.29. The number of benzene rings is 1. The number of halogens is 1. The molecule has 0 unspecified atom stereocenters. The van der Waals surface area contributed by atoms with Gasteiger partial charge in [-0.2, -0.15) is 0 Å². The Morgan fingerprint density at radius 1 is 1.08 bits per heavy atom. The molecule has 1 saturated heterocycles. The van der Waals surface area contributed by atoms with Gasteiger partial charge in [-0.1, -0.05) is 12.1 Å². The number of rotatable bonds is 3. The first kappa shape index (κ1) is 21.9. The van der Waals surface area contributed by atoms with Gasteiger partial charge >= 0.3 is 0 Å². The third-order valence-corrected chi connectivity index (χ3v) is 7.51. The van der Waals surface area contributed by atoms with Gasteiger partial charge in [-0.15, -0.1) is 0 Å². The number of aromatic nitrogens is 3. The second-order valence-electron chi connectivity index (χ2n) is 9.57. The van der Waals surface area contributed by atoms with Gasteiger partial charge in [-0.25, -0.2) is 14.4 Å². The number of pyridine rings is 2. The highest BCUT2D eigenvalue weighted by atomic mass is 19.1. The van der Waals surface area contributed by atoms with Crippen molar-refractivity contribution in [2.24, 2.45) is 5.92 Å². The SMILES string of the molecule is O=C1NCc2c(-c3cnc4cc(F)ccn34)ccc(Nc3ccc4c(n3)CNC(=O)[C@@H]3COCC[C@@H]43)c21. The third-order valence-electron chi connectivity index (χ3n) is 7.51. The highest BCUT2D eigenvalue weighted by Gasteiger charge is 2.36.